The van der Waals surface area contributed by atoms with E-state index in [2.05, 4.69) is 40.0 Å². The molecule has 1 saturated heterocycles. The van der Waals surface area contributed by atoms with Crippen LogP contribution in [0.15, 0.2) is 54.6 Å². The summed E-state index contributed by atoms with van der Waals surface area (Å²) in [7, 11) is 2.15. The molecule has 0 unspecified atom stereocenters. The Morgan fingerprint density at radius 3 is 2.45 bits per heavy atom. The van der Waals surface area contributed by atoms with Crippen LogP contribution in [0, 0.1) is 5.82 Å². The SMILES string of the molecule is CN1CCN(c2ccc3c(c2)CN(C(=O)Cc2nc(-c4ccc(F)cc4)ccc2N)C3)CC1. The Balaban J connectivity index is 1.28. The van der Waals surface area contributed by atoms with E-state index >= 15 is 0 Å². The first kappa shape index (κ1) is 21.4. The van der Waals surface area contributed by atoms with Gasteiger partial charge < -0.3 is 20.4 Å². The number of aromatic nitrogens is 1. The van der Waals surface area contributed by atoms with Gasteiger partial charge in [-0.25, -0.2) is 4.39 Å². The quantitative estimate of drug-likeness (QED) is 0.668. The van der Waals surface area contributed by atoms with Gasteiger partial charge in [0.1, 0.15) is 5.82 Å². The molecule has 170 valence electrons. The molecule has 1 amide bonds. The minimum absolute atomic E-state index is 0.00260. The van der Waals surface area contributed by atoms with Gasteiger partial charge in [-0.05, 0) is 66.7 Å². The van der Waals surface area contributed by atoms with Gasteiger partial charge in [0.05, 0.1) is 23.5 Å². The zero-order chi connectivity index (χ0) is 22.9. The fraction of sp³-hybridized carbons (Fsp3) is 0.308. The van der Waals surface area contributed by atoms with Crippen molar-refractivity contribution >= 4 is 17.3 Å². The Hall–Kier alpha value is -3.45. The van der Waals surface area contributed by atoms with Crippen molar-refractivity contribution in [2.75, 3.05) is 43.9 Å². The van der Waals surface area contributed by atoms with Crippen LogP contribution in [0.3, 0.4) is 0 Å². The van der Waals surface area contributed by atoms with Crippen LogP contribution >= 0.6 is 0 Å². The maximum atomic E-state index is 13.3. The number of fused-ring (bicyclic) bond motifs is 1. The normalized spacial score (nSPS) is 16.2. The molecule has 1 aromatic heterocycles. The van der Waals surface area contributed by atoms with Crippen LogP contribution in [0.2, 0.25) is 0 Å². The highest BCUT2D eigenvalue weighted by Crippen LogP contribution is 2.29. The number of halogens is 1. The van der Waals surface area contributed by atoms with E-state index in [4.69, 9.17) is 5.73 Å². The van der Waals surface area contributed by atoms with Gasteiger partial charge in [0.25, 0.3) is 0 Å². The molecule has 0 atom stereocenters. The molecule has 2 aromatic carbocycles. The molecular weight excluding hydrogens is 417 g/mol. The fourth-order valence-electron chi connectivity index (χ4n) is 4.51. The monoisotopic (exact) mass is 445 g/mol. The molecule has 0 spiro atoms. The number of nitrogens with zero attached hydrogens (tertiary/aromatic N) is 4. The minimum atomic E-state index is -0.297. The smallest absolute Gasteiger partial charge is 0.229 e. The average molecular weight is 446 g/mol. The number of pyridine rings is 1. The minimum Gasteiger partial charge on any atom is -0.397 e. The Morgan fingerprint density at radius 2 is 1.70 bits per heavy atom. The number of rotatable bonds is 4. The van der Waals surface area contributed by atoms with Crippen LogP contribution < -0.4 is 10.6 Å². The van der Waals surface area contributed by atoms with Crippen molar-refractivity contribution in [1.29, 1.82) is 0 Å². The summed E-state index contributed by atoms with van der Waals surface area (Å²) in [5.74, 6) is -0.295. The standard InChI is InChI=1S/C26H28FN5O/c1-30-10-12-31(13-11-30)22-7-4-19-16-32(17-20(19)14-22)26(33)15-25-23(28)8-9-24(29-25)18-2-5-21(27)6-3-18/h2-9,14H,10-13,15-17,28H2,1H3. The zero-order valence-electron chi connectivity index (χ0n) is 18.8. The van der Waals surface area contributed by atoms with E-state index in [1.54, 1.807) is 24.3 Å². The van der Waals surface area contributed by atoms with Crippen molar-refractivity contribution in [3.63, 3.8) is 0 Å². The summed E-state index contributed by atoms with van der Waals surface area (Å²) in [6, 6.07) is 16.3. The van der Waals surface area contributed by atoms with E-state index in [1.165, 1.54) is 28.9 Å². The van der Waals surface area contributed by atoms with Crippen molar-refractivity contribution in [2.45, 2.75) is 19.5 Å². The molecular formula is C26H28FN5O. The lowest BCUT2D eigenvalue weighted by molar-refractivity contribution is -0.131. The molecule has 2 N–H and O–H groups in total. The first-order valence-electron chi connectivity index (χ1n) is 11.3. The van der Waals surface area contributed by atoms with Crippen LogP contribution in [0.25, 0.3) is 11.3 Å². The molecule has 1 fully saturated rings. The number of nitrogen functional groups attached to an aromatic ring is 1. The van der Waals surface area contributed by atoms with E-state index < -0.39 is 0 Å². The summed E-state index contributed by atoms with van der Waals surface area (Å²) in [5, 5.41) is 0. The molecule has 0 bridgehead atoms. The van der Waals surface area contributed by atoms with Crippen LogP contribution in [-0.4, -0.2) is 53.9 Å². The molecule has 0 saturated carbocycles. The summed E-state index contributed by atoms with van der Waals surface area (Å²) in [5.41, 5.74) is 12.3. The Bertz CT molecular complexity index is 1170. The Kier molecular flexibility index (Phi) is 5.72. The van der Waals surface area contributed by atoms with Crippen molar-refractivity contribution in [2.24, 2.45) is 0 Å². The molecule has 2 aliphatic rings. The number of hydrogen-bond acceptors (Lipinski definition) is 5. The summed E-state index contributed by atoms with van der Waals surface area (Å²) >= 11 is 0. The van der Waals surface area contributed by atoms with Gasteiger partial charge >= 0.3 is 0 Å². The number of carbonyl (C=O) groups is 1. The van der Waals surface area contributed by atoms with Gasteiger partial charge in [0.2, 0.25) is 5.91 Å². The second kappa shape index (κ2) is 8.83. The van der Waals surface area contributed by atoms with Gasteiger partial charge in [-0.1, -0.05) is 6.07 Å². The lowest BCUT2D eigenvalue weighted by atomic mass is 10.1. The fourth-order valence-corrected chi connectivity index (χ4v) is 4.51. The van der Waals surface area contributed by atoms with E-state index in [-0.39, 0.29) is 18.1 Å². The molecule has 33 heavy (non-hydrogen) atoms. The van der Waals surface area contributed by atoms with Gasteiger partial charge in [-0.15, -0.1) is 0 Å². The lowest BCUT2D eigenvalue weighted by Gasteiger charge is -2.34. The third-order valence-electron chi connectivity index (χ3n) is 6.60. The van der Waals surface area contributed by atoms with Crippen molar-refractivity contribution in [3.05, 3.63) is 77.2 Å². The number of piperazine rings is 1. The highest BCUT2D eigenvalue weighted by molar-refractivity contribution is 5.81. The van der Waals surface area contributed by atoms with Crippen LogP contribution in [0.4, 0.5) is 15.8 Å². The number of anilines is 2. The third-order valence-corrected chi connectivity index (χ3v) is 6.60. The number of carbonyl (C=O) groups excluding carboxylic acids is 1. The summed E-state index contributed by atoms with van der Waals surface area (Å²) in [6.45, 7) is 5.38. The van der Waals surface area contributed by atoms with Gasteiger partial charge in [0, 0.05) is 50.5 Å². The number of nitrogens with two attached hydrogens (primary N) is 1. The zero-order valence-corrected chi connectivity index (χ0v) is 18.8. The summed E-state index contributed by atoms with van der Waals surface area (Å²) in [4.78, 5) is 24.3. The molecule has 5 rings (SSSR count). The molecule has 2 aliphatic heterocycles. The maximum absolute atomic E-state index is 13.3. The van der Waals surface area contributed by atoms with E-state index in [9.17, 15) is 9.18 Å². The number of amides is 1. The highest BCUT2D eigenvalue weighted by Gasteiger charge is 2.25. The second-order valence-electron chi connectivity index (χ2n) is 8.91. The summed E-state index contributed by atoms with van der Waals surface area (Å²) < 4.78 is 13.3. The van der Waals surface area contributed by atoms with Crippen molar-refractivity contribution in [1.82, 2.24) is 14.8 Å². The maximum Gasteiger partial charge on any atom is 0.229 e. The Labute approximate surface area is 193 Å². The van der Waals surface area contributed by atoms with Gasteiger partial charge in [-0.3, -0.25) is 9.78 Å². The van der Waals surface area contributed by atoms with E-state index in [0.717, 1.165) is 31.7 Å². The molecule has 3 heterocycles. The van der Waals surface area contributed by atoms with E-state index in [1.807, 2.05) is 4.90 Å². The first-order chi connectivity index (χ1) is 16.0. The topological polar surface area (TPSA) is 65.7 Å². The van der Waals surface area contributed by atoms with Crippen LogP contribution in [-0.2, 0) is 24.3 Å². The second-order valence-corrected chi connectivity index (χ2v) is 8.91. The number of hydrogen-bond donors (Lipinski definition) is 1. The van der Waals surface area contributed by atoms with Crippen molar-refractivity contribution in [3.8, 4) is 11.3 Å². The molecule has 6 nitrogen and oxygen atoms in total. The lowest BCUT2D eigenvalue weighted by Crippen LogP contribution is -2.44. The van der Waals surface area contributed by atoms with Crippen LogP contribution in [0.5, 0.6) is 0 Å². The van der Waals surface area contributed by atoms with Crippen molar-refractivity contribution < 1.29 is 9.18 Å². The first-order valence-corrected chi connectivity index (χ1v) is 11.3. The molecule has 3 aromatic rings. The predicted molar refractivity (Wildman–Crippen MR) is 128 cm³/mol. The highest BCUT2D eigenvalue weighted by atomic mass is 19.1. The molecule has 7 heteroatoms. The third kappa shape index (κ3) is 4.54. The summed E-state index contributed by atoms with van der Waals surface area (Å²) in [6.07, 6.45) is 0.139. The number of likely N-dealkylation sites (N-methyl/N-ethyl adjacent to an activating group) is 1. The number of benzene rings is 2. The van der Waals surface area contributed by atoms with Crippen LogP contribution in [0.1, 0.15) is 16.8 Å². The molecule has 0 aliphatic carbocycles. The van der Waals surface area contributed by atoms with Gasteiger partial charge in [-0.2, -0.15) is 0 Å². The van der Waals surface area contributed by atoms with Gasteiger partial charge in [0.15, 0.2) is 0 Å². The predicted octanol–water partition coefficient (Wildman–Crippen LogP) is 3.31. The average Bonchev–Trinajstić information content (AvgIpc) is 3.25. The molecule has 0 radical (unpaired) electrons. The largest absolute Gasteiger partial charge is 0.397 e. The Morgan fingerprint density at radius 1 is 0.970 bits per heavy atom. The van der Waals surface area contributed by atoms with E-state index in [0.29, 0.717) is 30.2 Å².